The minimum atomic E-state index is -1.59. The summed E-state index contributed by atoms with van der Waals surface area (Å²) in [6.45, 7) is 38.1. The predicted octanol–water partition coefficient (Wildman–Crippen LogP) is 5.85. The van der Waals surface area contributed by atoms with Gasteiger partial charge in [0.25, 0.3) is 0 Å². The van der Waals surface area contributed by atoms with Crippen molar-refractivity contribution in [2.45, 2.75) is 274 Å². The van der Waals surface area contributed by atoms with Crippen molar-refractivity contribution in [3.05, 3.63) is 12.2 Å². The number of nitrogens with one attached hydrogen (secondary N) is 4. The highest BCUT2D eigenvalue weighted by Gasteiger charge is 2.46. The summed E-state index contributed by atoms with van der Waals surface area (Å²) >= 11 is 1.40. The lowest BCUT2D eigenvalue weighted by molar-refractivity contribution is -0.156. The van der Waals surface area contributed by atoms with Gasteiger partial charge in [-0.15, -0.1) is 0 Å². The van der Waals surface area contributed by atoms with Gasteiger partial charge in [0.2, 0.25) is 65.0 Å². The second-order valence-electron chi connectivity index (χ2n) is 32.7. The minimum absolute atomic E-state index is 0.0106. The maximum Gasteiger partial charge on any atom is 0.410 e. The molecule has 2 heterocycles. The number of carbonyl (C=O) groups is 12. The molecule has 0 spiro atoms. The first-order valence-electron chi connectivity index (χ1n) is 37.7. The topological polar surface area (TPSA) is 312 Å². The van der Waals surface area contributed by atoms with Gasteiger partial charge in [-0.05, 0) is 155 Å². The lowest BCUT2D eigenvalue weighted by Gasteiger charge is -2.41. The predicted molar refractivity (Wildman–Crippen MR) is 408 cm³/mol. The Hall–Kier alpha value is -6.55. The fourth-order valence-corrected chi connectivity index (χ4v) is 14.2. The molecule has 2 rings (SSSR count). The number of allylic oxidation sites excluding steroid dienone is 2. The third-order valence-corrected chi connectivity index (χ3v) is 20.7. The van der Waals surface area contributed by atoms with Gasteiger partial charge in [0.15, 0.2) is 0 Å². The Morgan fingerprint density at radius 3 is 1.52 bits per heavy atom. The summed E-state index contributed by atoms with van der Waals surface area (Å²) in [6.07, 6.45) is 5.44. The second kappa shape index (κ2) is 42.7. The van der Waals surface area contributed by atoms with E-state index in [4.69, 9.17) is 4.74 Å². The molecule has 0 aliphatic carbocycles. The molecule has 27 nitrogen and oxygen atoms in total. The van der Waals surface area contributed by atoms with E-state index in [-0.39, 0.29) is 74.0 Å². The van der Waals surface area contributed by atoms with Crippen LogP contribution in [0, 0.1) is 35.5 Å². The number of nitrogens with zero attached hydrogens (tertiary/aromatic N) is 9. The lowest BCUT2D eigenvalue weighted by atomic mass is 9.94. The van der Waals surface area contributed by atoms with Crippen LogP contribution in [-0.2, 0) is 57.5 Å². The van der Waals surface area contributed by atoms with Gasteiger partial charge in [-0.25, -0.2) is 4.79 Å². The van der Waals surface area contributed by atoms with E-state index in [0.29, 0.717) is 57.7 Å². The van der Waals surface area contributed by atoms with E-state index >= 15 is 33.6 Å². The highest BCUT2D eigenvalue weighted by Crippen LogP contribution is 2.27. The Balaban J connectivity index is 3.06. The van der Waals surface area contributed by atoms with Gasteiger partial charge in [-0.3, -0.25) is 57.6 Å². The monoisotopic (exact) mass is 1490 g/mol. The first-order chi connectivity index (χ1) is 48.0. The number of aliphatic hydroxyl groups is 1. The van der Waals surface area contributed by atoms with Gasteiger partial charge in [0.05, 0.1) is 5.60 Å². The lowest BCUT2D eigenvalue weighted by Crippen LogP contribution is -2.62. The number of amides is 12. The largest absolute Gasteiger partial charge is 0.444 e. The zero-order valence-corrected chi connectivity index (χ0v) is 69.3. The van der Waals surface area contributed by atoms with Gasteiger partial charge >= 0.3 is 6.09 Å². The molecule has 0 bridgehead atoms. The number of rotatable bonds is 22. The van der Waals surface area contributed by atoms with E-state index in [1.807, 2.05) is 88.3 Å². The fourth-order valence-electron chi connectivity index (χ4n) is 13.1. The van der Waals surface area contributed by atoms with Crippen molar-refractivity contribution in [2.75, 3.05) is 93.6 Å². The molecule has 2 aliphatic rings. The summed E-state index contributed by atoms with van der Waals surface area (Å²) in [5.74, 6) is -8.37. The molecule has 596 valence electrons. The van der Waals surface area contributed by atoms with Crippen LogP contribution in [0.15, 0.2) is 12.2 Å². The van der Waals surface area contributed by atoms with Gasteiger partial charge < -0.3 is 70.3 Å². The molecule has 0 unspecified atom stereocenters. The van der Waals surface area contributed by atoms with Crippen molar-refractivity contribution >= 4 is 82.8 Å². The molecule has 0 radical (unpaired) electrons. The second-order valence-corrected chi connectivity index (χ2v) is 33.9. The van der Waals surface area contributed by atoms with Gasteiger partial charge in [0.1, 0.15) is 72.1 Å². The van der Waals surface area contributed by atoms with Crippen LogP contribution < -0.4 is 21.3 Å². The van der Waals surface area contributed by atoms with E-state index in [9.17, 15) is 29.1 Å². The van der Waals surface area contributed by atoms with Crippen molar-refractivity contribution in [1.29, 1.82) is 0 Å². The van der Waals surface area contributed by atoms with E-state index in [1.165, 1.54) is 118 Å². The highest BCUT2D eigenvalue weighted by molar-refractivity contribution is 7.99. The van der Waals surface area contributed by atoms with Gasteiger partial charge in [0, 0.05) is 87.7 Å². The Labute approximate surface area is 627 Å². The van der Waals surface area contributed by atoms with Crippen molar-refractivity contribution in [2.24, 2.45) is 35.5 Å². The molecule has 104 heavy (non-hydrogen) atoms. The van der Waals surface area contributed by atoms with Crippen LogP contribution in [0.25, 0.3) is 0 Å². The summed E-state index contributed by atoms with van der Waals surface area (Å²) in [4.78, 5) is 191. The smallest absolute Gasteiger partial charge is 0.410 e. The van der Waals surface area contributed by atoms with Crippen molar-refractivity contribution in [3.8, 4) is 0 Å². The summed E-state index contributed by atoms with van der Waals surface area (Å²) in [7, 11) is 10.2. The molecule has 28 heteroatoms. The van der Waals surface area contributed by atoms with Crippen LogP contribution in [0.4, 0.5) is 4.79 Å². The maximum absolute atomic E-state index is 15.6. The maximum atomic E-state index is 15.6. The number of hydrogen-bond donors (Lipinski definition) is 5. The Kier molecular flexibility index (Phi) is 38.4. The summed E-state index contributed by atoms with van der Waals surface area (Å²) in [6, 6.07) is -13.7. The van der Waals surface area contributed by atoms with Crippen molar-refractivity contribution in [1.82, 2.24) is 65.4 Å². The Bertz CT molecular complexity index is 2890. The highest BCUT2D eigenvalue weighted by atomic mass is 32.2. The fraction of sp³-hybridized carbons (Fsp3) is 0.816. The van der Waals surface area contributed by atoms with Crippen LogP contribution in [0.2, 0.25) is 0 Å². The number of piperazine rings is 1. The molecular weight excluding hydrogens is 1350 g/mol. The molecule has 2 fully saturated rings. The van der Waals surface area contributed by atoms with Crippen LogP contribution in [-0.4, -0.2) is 292 Å². The van der Waals surface area contributed by atoms with E-state index in [2.05, 4.69) is 26.2 Å². The number of likely N-dealkylation sites (N-methyl/N-ethyl adjacent to an activating group) is 7. The van der Waals surface area contributed by atoms with E-state index < -0.39 is 154 Å². The third kappa shape index (κ3) is 28.6. The number of hydrogen-bond acceptors (Lipinski definition) is 16. The molecule has 2 saturated heterocycles. The van der Waals surface area contributed by atoms with Crippen LogP contribution in [0.1, 0.15) is 196 Å². The summed E-state index contributed by atoms with van der Waals surface area (Å²) in [5, 5.41) is 22.8. The number of carbonyl (C=O) groups excluding carboxylic acids is 12. The SMILES string of the molecule is C/C=C/C[C@@H](C)C[C@H]1C(=O)N[C@@H](CC)C(=O)N(C)[C@H](CSCCCN2CCN(C(=O)OC(C)(C)C)CC2)C(=O)N(C)[C@@H](CC(C)(C)O)C(=O)N[C@H](C(C)C)C(=O)N(C)[C@H](CC(C)C)C(=O)N[C@H](C)C(=O)N[C@@H](C)C(=O)N(C)[C@@H](CC(C)C)C(=O)N(C)[C@@H](CCC(C)C)C(=O)N(C)[C@@H](C(C)C)C(=O)N1C. The standard InChI is InChI=1S/C76H137N13O14S/c1-28-30-32-51(13)43-57-65(92)79-54(29-2)68(95)86(26)60(45-104-40-31-35-88-36-38-89(39-37-88)74(101)103-75(16,17)18)71(98)85(25)59(44-76(19,20)102)66(93)80-61(49(9)10)72(99)82(22)56(41-47(5)6)64(91)77-52(14)63(90)78-53(15)67(94)84(24)58(42-48(7)8)70(97)81(21)55(34-33-46(3)4)69(96)87(27)62(50(11)12)73(100)83(57)23/h28,30,46-62,102H,29,31-45H2,1-27H3,(H,77,91)(H,78,90)(H,79,92)(H,80,93)/b30-28+/t51-,52-,53+,54+,55+,56-,57+,58+,59+,60-,61-,62+/m1/s1. The van der Waals surface area contributed by atoms with Gasteiger partial charge in [-0.1, -0.05) is 95.2 Å². The van der Waals surface area contributed by atoms with E-state index in [1.54, 1.807) is 39.5 Å². The van der Waals surface area contributed by atoms with Gasteiger partial charge in [-0.2, -0.15) is 11.8 Å². The zero-order chi connectivity index (χ0) is 79.9. The van der Waals surface area contributed by atoms with Crippen LogP contribution in [0.3, 0.4) is 0 Å². The molecule has 0 saturated carbocycles. The van der Waals surface area contributed by atoms with E-state index in [0.717, 1.165) is 4.90 Å². The molecule has 12 atom stereocenters. The van der Waals surface area contributed by atoms with Crippen LogP contribution >= 0.6 is 11.8 Å². The number of thioether (sulfide) groups is 1. The molecule has 0 aromatic carbocycles. The molecule has 12 amide bonds. The Morgan fingerprint density at radius 2 is 1.01 bits per heavy atom. The Morgan fingerprint density at radius 1 is 0.538 bits per heavy atom. The summed E-state index contributed by atoms with van der Waals surface area (Å²) in [5.41, 5.74) is -2.23. The van der Waals surface area contributed by atoms with Crippen molar-refractivity contribution in [3.63, 3.8) is 0 Å². The van der Waals surface area contributed by atoms with Crippen LogP contribution in [0.5, 0.6) is 0 Å². The molecule has 5 N–H and O–H groups in total. The summed E-state index contributed by atoms with van der Waals surface area (Å²) < 4.78 is 5.60. The third-order valence-electron chi connectivity index (χ3n) is 19.6. The first-order valence-corrected chi connectivity index (χ1v) is 38.9. The first kappa shape index (κ1) is 93.5. The molecular formula is C76H137N13O14S. The average Bonchev–Trinajstić information content (AvgIpc) is 0.816. The van der Waals surface area contributed by atoms with Crippen molar-refractivity contribution < 1.29 is 67.4 Å². The quantitative estimate of drug-likeness (QED) is 0.0627. The average molecular weight is 1490 g/mol. The number of ether oxygens (including phenoxy) is 1. The molecule has 2 aliphatic heterocycles. The normalized spacial score (nSPS) is 25.9. The minimum Gasteiger partial charge on any atom is -0.444 e. The molecule has 0 aromatic heterocycles. The molecule has 0 aromatic rings. The zero-order valence-electron chi connectivity index (χ0n) is 68.5.